The summed E-state index contributed by atoms with van der Waals surface area (Å²) in [6.07, 6.45) is 6.46. The van der Waals surface area contributed by atoms with Gasteiger partial charge in [-0.1, -0.05) is 12.1 Å². The van der Waals surface area contributed by atoms with Crippen LogP contribution in [0.1, 0.15) is 42.4 Å². The molecule has 160 valence electrons. The first-order valence-electron chi connectivity index (χ1n) is 10.9. The fourth-order valence-electron chi connectivity index (χ4n) is 4.60. The molecule has 1 saturated heterocycles. The first kappa shape index (κ1) is 20.5. The van der Waals surface area contributed by atoms with Gasteiger partial charge in [-0.15, -0.1) is 0 Å². The Kier molecular flexibility index (Phi) is 6.41. The van der Waals surface area contributed by atoms with Crippen LogP contribution in [0.3, 0.4) is 0 Å². The third-order valence-electron chi connectivity index (χ3n) is 6.29. The van der Waals surface area contributed by atoms with Gasteiger partial charge in [0.2, 0.25) is 0 Å². The fourth-order valence-corrected chi connectivity index (χ4v) is 4.60. The number of phenolic OH excluding ortho intramolecular Hbond substituents is 1. The molecule has 4 rings (SSSR count). The number of guanidine groups is 1. The number of benzene rings is 2. The highest BCUT2D eigenvalue weighted by molar-refractivity contribution is 5.80. The fraction of sp³-hybridized carbons (Fsp3) is 0.458. The molecule has 3 N–H and O–H groups in total. The Bertz CT molecular complexity index is 906. The molecule has 2 aliphatic rings. The Morgan fingerprint density at radius 1 is 1.17 bits per heavy atom. The summed E-state index contributed by atoms with van der Waals surface area (Å²) in [5.74, 6) is 0.928. The number of hydrogen-bond donors (Lipinski definition) is 3. The number of halogens is 1. The van der Waals surface area contributed by atoms with Crippen LogP contribution in [-0.2, 0) is 19.4 Å². The minimum absolute atomic E-state index is 0.191. The van der Waals surface area contributed by atoms with Crippen molar-refractivity contribution in [1.29, 1.82) is 0 Å². The predicted molar refractivity (Wildman–Crippen MR) is 120 cm³/mol. The zero-order valence-corrected chi connectivity index (χ0v) is 17.6. The first-order valence-corrected chi connectivity index (χ1v) is 10.9. The summed E-state index contributed by atoms with van der Waals surface area (Å²) in [7, 11) is 1.78. The van der Waals surface area contributed by atoms with Crippen LogP contribution in [0, 0.1) is 5.82 Å². The number of aryl methyl sites for hydroxylation is 1. The molecule has 0 atom stereocenters. The number of piperidine rings is 1. The molecular weight excluding hydrogens is 379 g/mol. The van der Waals surface area contributed by atoms with Crippen molar-refractivity contribution in [1.82, 2.24) is 10.6 Å². The quantitative estimate of drug-likeness (QED) is 0.531. The minimum Gasteiger partial charge on any atom is -0.508 e. The number of anilines is 1. The average Bonchev–Trinajstić information content (AvgIpc) is 2.78. The maximum Gasteiger partial charge on any atom is 0.191 e. The maximum atomic E-state index is 13.5. The maximum absolute atomic E-state index is 13.5. The molecule has 0 unspecified atom stereocenters. The van der Waals surface area contributed by atoms with E-state index in [2.05, 4.69) is 26.6 Å². The van der Waals surface area contributed by atoms with Crippen LogP contribution in [-0.4, -0.2) is 37.2 Å². The molecule has 30 heavy (non-hydrogen) atoms. The summed E-state index contributed by atoms with van der Waals surface area (Å²) in [5.41, 5.74) is 4.60. The van der Waals surface area contributed by atoms with Crippen molar-refractivity contribution in [3.63, 3.8) is 0 Å². The minimum atomic E-state index is -0.191. The van der Waals surface area contributed by atoms with E-state index in [1.165, 1.54) is 30.0 Å². The van der Waals surface area contributed by atoms with Gasteiger partial charge in [0.1, 0.15) is 11.6 Å². The molecule has 1 aliphatic carbocycles. The second kappa shape index (κ2) is 9.37. The lowest BCUT2D eigenvalue weighted by molar-refractivity contribution is 0.456. The second-order valence-electron chi connectivity index (χ2n) is 8.22. The molecule has 5 nitrogen and oxygen atoms in total. The number of fused-ring (bicyclic) bond motifs is 1. The summed E-state index contributed by atoms with van der Waals surface area (Å²) in [6, 6.07) is 11.0. The molecule has 6 heteroatoms. The summed E-state index contributed by atoms with van der Waals surface area (Å²) in [5, 5.41) is 17.3. The molecule has 1 heterocycles. The zero-order valence-electron chi connectivity index (χ0n) is 17.6. The summed E-state index contributed by atoms with van der Waals surface area (Å²) >= 11 is 0. The number of rotatable bonds is 4. The van der Waals surface area contributed by atoms with Crippen LogP contribution >= 0.6 is 0 Å². The predicted octanol–water partition coefficient (Wildman–Crippen LogP) is 3.74. The van der Waals surface area contributed by atoms with Crippen LogP contribution in [0.25, 0.3) is 0 Å². The van der Waals surface area contributed by atoms with Crippen molar-refractivity contribution in [2.75, 3.05) is 25.0 Å². The average molecular weight is 411 g/mol. The van der Waals surface area contributed by atoms with E-state index in [0.717, 1.165) is 56.0 Å². The van der Waals surface area contributed by atoms with Gasteiger partial charge < -0.3 is 20.6 Å². The Labute approximate surface area is 178 Å². The number of hydrogen-bond acceptors (Lipinski definition) is 3. The van der Waals surface area contributed by atoms with E-state index in [0.29, 0.717) is 18.3 Å². The number of nitrogens with zero attached hydrogens (tertiary/aromatic N) is 2. The van der Waals surface area contributed by atoms with Crippen LogP contribution in [0.4, 0.5) is 10.1 Å². The summed E-state index contributed by atoms with van der Waals surface area (Å²) in [6.45, 7) is 2.33. The normalized spacial score (nSPS) is 17.5. The van der Waals surface area contributed by atoms with Crippen molar-refractivity contribution in [2.45, 2.75) is 51.1 Å². The van der Waals surface area contributed by atoms with Crippen molar-refractivity contribution in [3.05, 3.63) is 58.9 Å². The van der Waals surface area contributed by atoms with Crippen LogP contribution in [0.5, 0.6) is 5.75 Å². The molecule has 2 aromatic carbocycles. The van der Waals surface area contributed by atoms with E-state index in [4.69, 9.17) is 0 Å². The van der Waals surface area contributed by atoms with Gasteiger partial charge in [-0.2, -0.15) is 0 Å². The molecule has 0 spiro atoms. The van der Waals surface area contributed by atoms with Gasteiger partial charge in [-0.3, -0.25) is 4.99 Å². The first-order chi connectivity index (χ1) is 14.6. The number of aliphatic imine (C=N–C) groups is 1. The Hall–Kier alpha value is -2.76. The highest BCUT2D eigenvalue weighted by Crippen LogP contribution is 2.30. The molecule has 0 bridgehead atoms. The number of phenols is 1. The zero-order chi connectivity index (χ0) is 20.9. The topological polar surface area (TPSA) is 59.9 Å². The van der Waals surface area contributed by atoms with Gasteiger partial charge in [-0.05, 0) is 73.9 Å². The van der Waals surface area contributed by atoms with Crippen molar-refractivity contribution < 1.29 is 9.50 Å². The lowest BCUT2D eigenvalue weighted by atomic mass is 9.88. The Morgan fingerprint density at radius 2 is 1.97 bits per heavy atom. The van der Waals surface area contributed by atoms with Crippen LogP contribution < -0.4 is 15.5 Å². The molecule has 2 aromatic rings. The van der Waals surface area contributed by atoms with Gasteiger partial charge in [0.05, 0.1) is 0 Å². The van der Waals surface area contributed by atoms with E-state index in [9.17, 15) is 9.50 Å². The number of aromatic hydroxyl groups is 1. The van der Waals surface area contributed by atoms with E-state index in [1.807, 2.05) is 12.1 Å². The highest BCUT2D eigenvalue weighted by atomic mass is 19.1. The van der Waals surface area contributed by atoms with E-state index in [-0.39, 0.29) is 5.82 Å². The third-order valence-corrected chi connectivity index (χ3v) is 6.29. The smallest absolute Gasteiger partial charge is 0.191 e. The largest absolute Gasteiger partial charge is 0.508 e. The Morgan fingerprint density at radius 3 is 2.73 bits per heavy atom. The molecule has 0 amide bonds. The summed E-state index contributed by atoms with van der Waals surface area (Å²) in [4.78, 5) is 6.61. The lowest BCUT2D eigenvalue weighted by Gasteiger charge is -2.34. The monoisotopic (exact) mass is 410 g/mol. The molecular formula is C24H31FN4O. The highest BCUT2D eigenvalue weighted by Gasteiger charge is 2.21. The Balaban J connectivity index is 1.32. The lowest BCUT2D eigenvalue weighted by Crippen LogP contribution is -2.48. The number of nitrogens with one attached hydrogen (secondary N) is 2. The third kappa shape index (κ3) is 4.69. The standard InChI is InChI=1S/C24H31FN4O/c1-26-24(27-16-22-21-8-3-2-5-17(21)9-10-23(22)30)28-19-11-13-29(14-12-19)20-7-4-6-18(25)15-20/h4,6-7,9-10,15,19,30H,2-3,5,8,11-14,16H2,1H3,(H2,26,27,28). The second-order valence-corrected chi connectivity index (χ2v) is 8.22. The molecule has 1 fully saturated rings. The van der Waals surface area contributed by atoms with Crippen molar-refractivity contribution in [2.24, 2.45) is 4.99 Å². The van der Waals surface area contributed by atoms with E-state index in [1.54, 1.807) is 19.2 Å². The molecule has 0 radical (unpaired) electrons. The SMILES string of the molecule is CN=C(NCc1c(O)ccc2c1CCCC2)NC1CCN(c2cccc(F)c2)CC1. The van der Waals surface area contributed by atoms with Gasteiger partial charge in [0, 0.05) is 44.0 Å². The van der Waals surface area contributed by atoms with Crippen LogP contribution in [0.15, 0.2) is 41.4 Å². The van der Waals surface area contributed by atoms with Crippen molar-refractivity contribution >= 4 is 11.6 Å². The van der Waals surface area contributed by atoms with E-state index >= 15 is 0 Å². The van der Waals surface area contributed by atoms with Crippen LogP contribution in [0.2, 0.25) is 0 Å². The molecule has 1 aliphatic heterocycles. The van der Waals surface area contributed by atoms with Gasteiger partial charge in [-0.25, -0.2) is 4.39 Å². The molecule has 0 saturated carbocycles. The van der Waals surface area contributed by atoms with Gasteiger partial charge >= 0.3 is 0 Å². The van der Waals surface area contributed by atoms with Crippen molar-refractivity contribution in [3.8, 4) is 5.75 Å². The van der Waals surface area contributed by atoms with Gasteiger partial charge in [0.25, 0.3) is 0 Å². The summed E-state index contributed by atoms with van der Waals surface area (Å²) < 4.78 is 13.5. The van der Waals surface area contributed by atoms with Gasteiger partial charge in [0.15, 0.2) is 5.96 Å². The molecule has 0 aromatic heterocycles. The van der Waals surface area contributed by atoms with E-state index < -0.39 is 0 Å².